The number of amides is 3. The van der Waals surface area contributed by atoms with E-state index >= 15 is 0 Å². The van der Waals surface area contributed by atoms with Gasteiger partial charge in [0, 0.05) is 19.0 Å². The Morgan fingerprint density at radius 3 is 1.71 bits per heavy atom. The Kier molecular flexibility index (Phi) is 27.3. The van der Waals surface area contributed by atoms with E-state index in [2.05, 4.69) is 17.6 Å². The predicted molar refractivity (Wildman–Crippen MR) is 209 cm³/mol. The lowest BCUT2D eigenvalue weighted by Gasteiger charge is -2.29. The van der Waals surface area contributed by atoms with E-state index in [1.165, 1.54) is 77.0 Å². The van der Waals surface area contributed by atoms with Crippen molar-refractivity contribution < 1.29 is 22.8 Å². The molecular formula is C39H72N6O5S. The molecule has 0 aliphatic heterocycles. The fraction of sp³-hybridized carbons (Fsp3) is 0.769. The predicted octanol–water partition coefficient (Wildman–Crippen LogP) is 5.79. The summed E-state index contributed by atoms with van der Waals surface area (Å²) in [7, 11) is -3.95. The maximum atomic E-state index is 13.6. The molecule has 0 radical (unpaired) electrons. The first-order chi connectivity index (χ1) is 24.6. The average molecular weight is 737 g/mol. The second-order valence-electron chi connectivity index (χ2n) is 14.1. The molecule has 0 unspecified atom stereocenters. The van der Waals surface area contributed by atoms with Gasteiger partial charge < -0.3 is 27.8 Å². The monoisotopic (exact) mass is 737 g/mol. The van der Waals surface area contributed by atoms with Gasteiger partial charge in [-0.2, -0.15) is 4.31 Å². The summed E-state index contributed by atoms with van der Waals surface area (Å²) in [6.07, 6.45) is 22.6. The van der Waals surface area contributed by atoms with Crippen molar-refractivity contribution in [2.45, 2.75) is 166 Å². The van der Waals surface area contributed by atoms with E-state index in [0.29, 0.717) is 63.6 Å². The first kappa shape index (κ1) is 46.5. The zero-order chi connectivity index (χ0) is 37.6. The van der Waals surface area contributed by atoms with Crippen LogP contribution in [-0.2, 0) is 30.2 Å². The SMILES string of the molecule is CCCCCCCCCCCCCCCCCC(=O)N[C@@H](CCCCN)C(=O)N[C@@H](CCCCN)CN(CC(N)=O)S(=O)(=O)Cc1ccccc1. The highest BCUT2D eigenvalue weighted by molar-refractivity contribution is 7.88. The molecular weight excluding hydrogens is 665 g/mol. The van der Waals surface area contributed by atoms with E-state index in [4.69, 9.17) is 17.2 Å². The molecule has 0 saturated heterocycles. The van der Waals surface area contributed by atoms with E-state index in [1.807, 2.05) is 0 Å². The number of benzene rings is 1. The summed E-state index contributed by atoms with van der Waals surface area (Å²) in [6.45, 7) is 2.55. The summed E-state index contributed by atoms with van der Waals surface area (Å²) in [5, 5.41) is 5.91. The van der Waals surface area contributed by atoms with Crippen LogP contribution in [0.3, 0.4) is 0 Å². The number of hydrogen-bond acceptors (Lipinski definition) is 7. The molecule has 12 heteroatoms. The van der Waals surface area contributed by atoms with Gasteiger partial charge in [-0.25, -0.2) is 8.42 Å². The molecule has 1 aromatic rings. The van der Waals surface area contributed by atoms with Crippen LogP contribution in [-0.4, -0.2) is 68.7 Å². The molecule has 0 aliphatic rings. The third-order valence-corrected chi connectivity index (χ3v) is 11.1. The van der Waals surface area contributed by atoms with Gasteiger partial charge in [0.05, 0.1) is 12.3 Å². The summed E-state index contributed by atoms with van der Waals surface area (Å²) >= 11 is 0. The molecule has 8 N–H and O–H groups in total. The van der Waals surface area contributed by atoms with Gasteiger partial charge in [0.2, 0.25) is 27.7 Å². The van der Waals surface area contributed by atoms with Crippen molar-refractivity contribution in [3.05, 3.63) is 35.9 Å². The first-order valence-corrected chi connectivity index (χ1v) is 21.5. The van der Waals surface area contributed by atoms with Crippen molar-refractivity contribution in [1.29, 1.82) is 0 Å². The number of hydrogen-bond donors (Lipinski definition) is 5. The normalized spacial score (nSPS) is 12.9. The summed E-state index contributed by atoms with van der Waals surface area (Å²) < 4.78 is 27.9. The highest BCUT2D eigenvalue weighted by Gasteiger charge is 2.29. The van der Waals surface area contributed by atoms with Gasteiger partial charge in [0.15, 0.2) is 0 Å². The summed E-state index contributed by atoms with van der Waals surface area (Å²) in [4.78, 5) is 38.5. The molecule has 0 fully saturated rings. The Bertz CT molecular complexity index is 1150. The Labute approximate surface area is 310 Å². The molecule has 1 aromatic carbocycles. The van der Waals surface area contributed by atoms with Gasteiger partial charge in [0.25, 0.3) is 0 Å². The largest absolute Gasteiger partial charge is 0.369 e. The Hall–Kier alpha value is -2.54. The van der Waals surface area contributed by atoms with Crippen LogP contribution in [0.1, 0.15) is 154 Å². The van der Waals surface area contributed by atoms with Gasteiger partial charge >= 0.3 is 0 Å². The summed E-state index contributed by atoms with van der Waals surface area (Å²) in [5.74, 6) is -1.64. The number of nitrogens with two attached hydrogens (primary N) is 3. The van der Waals surface area contributed by atoms with Crippen LogP contribution in [0.25, 0.3) is 0 Å². The standard InChI is InChI=1S/C39H72N6O5S/c1-2-3-4-5-6-7-8-9-10-11-12-13-14-15-19-28-38(47)44-36(27-21-23-30-41)39(48)43-35(26-20-22-29-40)31-45(32-37(42)46)51(49,50)33-34-24-17-16-18-25-34/h16-18,24-25,35-36H,2-15,19-23,26-33,40-41H2,1H3,(H2,42,46)(H,43,48)(H,44,47)/t35-,36-/m0/s1. The fourth-order valence-electron chi connectivity index (χ4n) is 6.30. The molecule has 0 spiro atoms. The maximum Gasteiger partial charge on any atom is 0.242 e. The molecule has 0 saturated carbocycles. The number of carbonyl (C=O) groups excluding carboxylic acids is 3. The minimum absolute atomic E-state index is 0.128. The number of sulfonamides is 1. The zero-order valence-corrected chi connectivity index (χ0v) is 32.6. The molecule has 2 atom stereocenters. The van der Waals surface area contributed by atoms with Crippen LogP contribution in [0.5, 0.6) is 0 Å². The van der Waals surface area contributed by atoms with Crippen molar-refractivity contribution in [2.24, 2.45) is 17.2 Å². The van der Waals surface area contributed by atoms with Crippen molar-refractivity contribution in [2.75, 3.05) is 26.2 Å². The molecule has 3 amide bonds. The molecule has 294 valence electrons. The quantitative estimate of drug-likeness (QED) is 0.0553. The Morgan fingerprint density at radius 1 is 0.686 bits per heavy atom. The first-order valence-electron chi connectivity index (χ1n) is 19.9. The van der Waals surface area contributed by atoms with E-state index in [-0.39, 0.29) is 24.1 Å². The number of primary amides is 1. The molecule has 51 heavy (non-hydrogen) atoms. The summed E-state index contributed by atoms with van der Waals surface area (Å²) in [6, 6.07) is 7.31. The van der Waals surface area contributed by atoms with E-state index < -0.39 is 34.6 Å². The van der Waals surface area contributed by atoms with Crippen molar-refractivity contribution in [3.8, 4) is 0 Å². The van der Waals surface area contributed by atoms with Crippen molar-refractivity contribution in [3.63, 3.8) is 0 Å². The maximum absolute atomic E-state index is 13.6. The number of rotatable bonds is 34. The van der Waals surface area contributed by atoms with Crippen LogP contribution < -0.4 is 27.8 Å². The lowest BCUT2D eigenvalue weighted by Crippen LogP contribution is -2.53. The highest BCUT2D eigenvalue weighted by atomic mass is 32.2. The second-order valence-corrected chi connectivity index (χ2v) is 16.1. The highest BCUT2D eigenvalue weighted by Crippen LogP contribution is 2.16. The third kappa shape index (κ3) is 24.4. The average Bonchev–Trinajstić information content (AvgIpc) is 3.09. The van der Waals surface area contributed by atoms with E-state index in [0.717, 1.165) is 23.6 Å². The van der Waals surface area contributed by atoms with Gasteiger partial charge in [-0.1, -0.05) is 134 Å². The van der Waals surface area contributed by atoms with Gasteiger partial charge in [-0.05, 0) is 57.2 Å². The lowest BCUT2D eigenvalue weighted by atomic mass is 10.0. The Balaban J connectivity index is 2.66. The molecule has 0 heterocycles. The van der Waals surface area contributed by atoms with Gasteiger partial charge in [0.1, 0.15) is 6.04 Å². The van der Waals surface area contributed by atoms with Crippen LogP contribution >= 0.6 is 0 Å². The molecule has 1 rings (SSSR count). The molecule has 0 aromatic heterocycles. The number of nitrogens with zero attached hydrogens (tertiary/aromatic N) is 1. The van der Waals surface area contributed by atoms with Crippen molar-refractivity contribution in [1.82, 2.24) is 14.9 Å². The molecule has 0 aliphatic carbocycles. The van der Waals surface area contributed by atoms with Crippen LogP contribution in [0.2, 0.25) is 0 Å². The number of nitrogens with one attached hydrogen (secondary N) is 2. The molecule has 11 nitrogen and oxygen atoms in total. The zero-order valence-electron chi connectivity index (χ0n) is 31.8. The van der Waals surface area contributed by atoms with Crippen LogP contribution in [0.15, 0.2) is 30.3 Å². The van der Waals surface area contributed by atoms with Crippen molar-refractivity contribution >= 4 is 27.7 Å². The summed E-state index contributed by atoms with van der Waals surface area (Å²) in [5.41, 5.74) is 17.5. The molecule has 0 bridgehead atoms. The van der Waals surface area contributed by atoms with Gasteiger partial charge in [-0.15, -0.1) is 0 Å². The topological polar surface area (TPSA) is 191 Å². The van der Waals surface area contributed by atoms with E-state index in [1.54, 1.807) is 30.3 Å². The van der Waals surface area contributed by atoms with Crippen LogP contribution in [0.4, 0.5) is 0 Å². The minimum Gasteiger partial charge on any atom is -0.369 e. The minimum atomic E-state index is -3.95. The lowest BCUT2D eigenvalue weighted by molar-refractivity contribution is -0.129. The number of unbranched alkanes of at least 4 members (excludes halogenated alkanes) is 16. The smallest absolute Gasteiger partial charge is 0.242 e. The van der Waals surface area contributed by atoms with Gasteiger partial charge in [-0.3, -0.25) is 14.4 Å². The third-order valence-electron chi connectivity index (χ3n) is 9.30. The fourth-order valence-corrected chi connectivity index (χ4v) is 7.83. The van der Waals surface area contributed by atoms with Crippen LogP contribution in [0, 0.1) is 0 Å². The number of carbonyl (C=O) groups is 3. The van der Waals surface area contributed by atoms with E-state index in [9.17, 15) is 22.8 Å². The Morgan fingerprint density at radius 2 is 1.20 bits per heavy atom. The second kappa shape index (κ2) is 30.0.